The van der Waals surface area contributed by atoms with Crippen molar-refractivity contribution in [3.63, 3.8) is 0 Å². The zero-order valence-corrected chi connectivity index (χ0v) is 16.8. The van der Waals surface area contributed by atoms with Crippen molar-refractivity contribution in [1.82, 2.24) is 20.1 Å². The highest BCUT2D eigenvalue weighted by atomic mass is 32.2. The SMILES string of the molecule is Cc1nnc(SCC(=O)Nc2ccccc2C(=O)NC2CC2)n1-c1ccccc1. The molecule has 0 aliphatic heterocycles. The molecule has 1 aliphatic carbocycles. The lowest BCUT2D eigenvalue weighted by molar-refractivity contribution is -0.113. The molecule has 29 heavy (non-hydrogen) atoms. The summed E-state index contributed by atoms with van der Waals surface area (Å²) < 4.78 is 1.91. The van der Waals surface area contributed by atoms with Gasteiger partial charge in [0.2, 0.25) is 5.91 Å². The fourth-order valence-electron chi connectivity index (χ4n) is 2.91. The lowest BCUT2D eigenvalue weighted by Gasteiger charge is -2.11. The highest BCUT2D eigenvalue weighted by Gasteiger charge is 2.25. The second-order valence-electron chi connectivity index (χ2n) is 6.83. The molecule has 1 aliphatic rings. The highest BCUT2D eigenvalue weighted by molar-refractivity contribution is 7.99. The van der Waals surface area contributed by atoms with Crippen LogP contribution in [0.4, 0.5) is 5.69 Å². The van der Waals surface area contributed by atoms with Crippen LogP contribution in [0.2, 0.25) is 0 Å². The fourth-order valence-corrected chi connectivity index (χ4v) is 3.71. The molecule has 0 bridgehead atoms. The summed E-state index contributed by atoms with van der Waals surface area (Å²) in [4.78, 5) is 24.9. The first kappa shape index (κ1) is 19.2. The molecule has 4 rings (SSSR count). The van der Waals surface area contributed by atoms with Gasteiger partial charge in [-0.2, -0.15) is 0 Å². The van der Waals surface area contributed by atoms with E-state index >= 15 is 0 Å². The van der Waals surface area contributed by atoms with E-state index in [1.807, 2.05) is 41.8 Å². The Hall–Kier alpha value is -3.13. The molecular formula is C21H21N5O2S. The summed E-state index contributed by atoms with van der Waals surface area (Å²) in [6.45, 7) is 1.87. The summed E-state index contributed by atoms with van der Waals surface area (Å²) in [5.74, 6) is 0.544. The molecule has 3 aromatic rings. The number of nitrogens with zero attached hydrogens (tertiary/aromatic N) is 3. The summed E-state index contributed by atoms with van der Waals surface area (Å²) >= 11 is 1.30. The quantitative estimate of drug-likeness (QED) is 0.587. The molecule has 1 saturated carbocycles. The summed E-state index contributed by atoms with van der Waals surface area (Å²) in [7, 11) is 0. The molecule has 7 nitrogen and oxygen atoms in total. The third-order valence-corrected chi connectivity index (χ3v) is 5.43. The van der Waals surface area contributed by atoms with E-state index in [9.17, 15) is 9.59 Å². The number of carbonyl (C=O) groups is 2. The van der Waals surface area contributed by atoms with Gasteiger partial charge in [-0.15, -0.1) is 10.2 Å². The first-order chi connectivity index (χ1) is 14.1. The van der Waals surface area contributed by atoms with E-state index in [0.29, 0.717) is 16.4 Å². The van der Waals surface area contributed by atoms with Gasteiger partial charge in [-0.25, -0.2) is 0 Å². The molecule has 1 fully saturated rings. The van der Waals surface area contributed by atoms with E-state index in [1.54, 1.807) is 24.3 Å². The average molecular weight is 407 g/mol. The molecule has 8 heteroatoms. The number of benzene rings is 2. The minimum absolute atomic E-state index is 0.156. The summed E-state index contributed by atoms with van der Waals surface area (Å²) in [6, 6.07) is 17.1. The molecule has 148 valence electrons. The maximum atomic E-state index is 12.5. The minimum Gasteiger partial charge on any atom is -0.349 e. The number of hydrogen-bond donors (Lipinski definition) is 2. The molecule has 2 amide bonds. The van der Waals surface area contributed by atoms with Gasteiger partial charge in [0.05, 0.1) is 17.0 Å². The zero-order chi connectivity index (χ0) is 20.2. The van der Waals surface area contributed by atoms with Gasteiger partial charge in [0.1, 0.15) is 5.82 Å². The number of aryl methyl sites for hydroxylation is 1. The maximum absolute atomic E-state index is 12.5. The van der Waals surface area contributed by atoms with Crippen LogP contribution in [0.3, 0.4) is 0 Å². The van der Waals surface area contributed by atoms with E-state index < -0.39 is 0 Å². The number of thioether (sulfide) groups is 1. The summed E-state index contributed by atoms with van der Waals surface area (Å²) in [5.41, 5.74) is 1.93. The summed E-state index contributed by atoms with van der Waals surface area (Å²) in [6.07, 6.45) is 2.02. The lowest BCUT2D eigenvalue weighted by atomic mass is 10.1. The van der Waals surface area contributed by atoms with Crippen LogP contribution in [-0.2, 0) is 4.79 Å². The van der Waals surface area contributed by atoms with Gasteiger partial charge in [0, 0.05) is 11.7 Å². The zero-order valence-electron chi connectivity index (χ0n) is 16.0. The Morgan fingerprint density at radius 2 is 1.79 bits per heavy atom. The van der Waals surface area contributed by atoms with Gasteiger partial charge in [0.15, 0.2) is 5.16 Å². The van der Waals surface area contributed by atoms with Crippen molar-refractivity contribution in [3.05, 3.63) is 66.0 Å². The van der Waals surface area contributed by atoms with Gasteiger partial charge < -0.3 is 10.6 Å². The standard InChI is InChI=1S/C21H21N5O2S/c1-14-24-25-21(26(14)16-7-3-2-4-8-16)29-13-19(27)23-18-10-6-5-9-17(18)20(28)22-15-11-12-15/h2-10,15H,11-13H2,1H3,(H,22,28)(H,23,27). The molecule has 0 unspecified atom stereocenters. The Morgan fingerprint density at radius 1 is 1.07 bits per heavy atom. The molecule has 2 aromatic carbocycles. The van der Waals surface area contributed by atoms with E-state index in [0.717, 1.165) is 24.4 Å². The Kier molecular flexibility index (Phi) is 5.62. The van der Waals surface area contributed by atoms with E-state index in [-0.39, 0.29) is 23.6 Å². The van der Waals surface area contributed by atoms with Crippen molar-refractivity contribution < 1.29 is 9.59 Å². The molecular weight excluding hydrogens is 386 g/mol. The predicted molar refractivity (Wildman–Crippen MR) is 112 cm³/mol. The van der Waals surface area contributed by atoms with Crippen molar-refractivity contribution in [1.29, 1.82) is 0 Å². The van der Waals surface area contributed by atoms with Gasteiger partial charge in [-0.1, -0.05) is 42.1 Å². The van der Waals surface area contributed by atoms with E-state index in [4.69, 9.17) is 0 Å². The van der Waals surface area contributed by atoms with E-state index in [2.05, 4.69) is 20.8 Å². The number of carbonyl (C=O) groups excluding carboxylic acids is 2. The van der Waals surface area contributed by atoms with Gasteiger partial charge in [-0.05, 0) is 44.0 Å². The number of para-hydroxylation sites is 2. The molecule has 1 heterocycles. The maximum Gasteiger partial charge on any atom is 0.253 e. The smallest absolute Gasteiger partial charge is 0.253 e. The molecule has 0 spiro atoms. The van der Waals surface area contributed by atoms with Gasteiger partial charge >= 0.3 is 0 Å². The second-order valence-corrected chi connectivity index (χ2v) is 7.77. The van der Waals surface area contributed by atoms with Crippen molar-refractivity contribution in [2.24, 2.45) is 0 Å². The van der Waals surface area contributed by atoms with Crippen molar-refractivity contribution in [2.75, 3.05) is 11.1 Å². The van der Waals surface area contributed by atoms with Crippen LogP contribution in [0, 0.1) is 6.92 Å². The van der Waals surface area contributed by atoms with Crippen LogP contribution >= 0.6 is 11.8 Å². The van der Waals surface area contributed by atoms with E-state index in [1.165, 1.54) is 11.8 Å². The largest absolute Gasteiger partial charge is 0.349 e. The van der Waals surface area contributed by atoms with Crippen molar-refractivity contribution in [3.8, 4) is 5.69 Å². The Balaban J connectivity index is 1.42. The van der Waals surface area contributed by atoms with Gasteiger partial charge in [-0.3, -0.25) is 14.2 Å². The van der Waals surface area contributed by atoms with Crippen LogP contribution < -0.4 is 10.6 Å². The first-order valence-electron chi connectivity index (χ1n) is 9.42. The van der Waals surface area contributed by atoms with Crippen LogP contribution in [0.1, 0.15) is 29.0 Å². The fraction of sp³-hybridized carbons (Fsp3) is 0.238. The molecule has 1 aromatic heterocycles. The Labute approximate surface area is 172 Å². The van der Waals surface area contributed by atoms with Crippen LogP contribution in [0.15, 0.2) is 59.8 Å². The topological polar surface area (TPSA) is 88.9 Å². The number of amides is 2. The second kappa shape index (κ2) is 8.48. The third-order valence-electron chi connectivity index (χ3n) is 4.50. The van der Waals surface area contributed by atoms with Crippen molar-refractivity contribution in [2.45, 2.75) is 31.0 Å². The first-order valence-corrected chi connectivity index (χ1v) is 10.4. The van der Waals surface area contributed by atoms with Crippen molar-refractivity contribution >= 4 is 29.3 Å². The average Bonchev–Trinajstić information content (AvgIpc) is 3.47. The number of anilines is 1. The number of hydrogen-bond acceptors (Lipinski definition) is 5. The molecule has 0 saturated heterocycles. The third kappa shape index (κ3) is 4.65. The summed E-state index contributed by atoms with van der Waals surface area (Å²) in [5, 5.41) is 14.8. The Bertz CT molecular complexity index is 1030. The molecule has 0 atom stereocenters. The van der Waals surface area contributed by atoms with Crippen LogP contribution in [0.5, 0.6) is 0 Å². The number of rotatable bonds is 7. The molecule has 2 N–H and O–H groups in total. The highest BCUT2D eigenvalue weighted by Crippen LogP contribution is 2.23. The number of nitrogens with one attached hydrogen (secondary N) is 2. The van der Waals surface area contributed by atoms with Crippen LogP contribution in [0.25, 0.3) is 5.69 Å². The predicted octanol–water partition coefficient (Wildman–Crippen LogP) is 3.20. The Morgan fingerprint density at radius 3 is 2.55 bits per heavy atom. The normalized spacial score (nSPS) is 13.1. The van der Waals surface area contributed by atoms with Crippen LogP contribution in [-0.4, -0.2) is 38.4 Å². The number of aromatic nitrogens is 3. The molecule has 0 radical (unpaired) electrons. The monoisotopic (exact) mass is 407 g/mol. The van der Waals surface area contributed by atoms with Gasteiger partial charge in [0.25, 0.3) is 5.91 Å². The minimum atomic E-state index is -0.207. The lowest BCUT2D eigenvalue weighted by Crippen LogP contribution is -2.27.